The molecule has 0 spiro atoms. The molecule has 3 aromatic rings. The van der Waals surface area contributed by atoms with Gasteiger partial charge < -0.3 is 19.5 Å². The molecule has 1 aliphatic carbocycles. The van der Waals surface area contributed by atoms with E-state index in [1.165, 1.54) is 19.3 Å². The zero-order valence-electron chi connectivity index (χ0n) is 20.6. The number of rotatable bonds is 5. The molecular formula is C26H30N6O4. The number of carbonyl (C=O) groups excluding carboxylic acids is 1. The summed E-state index contributed by atoms with van der Waals surface area (Å²) >= 11 is 0. The molecule has 1 atom stereocenters. The molecule has 2 aromatic carbocycles. The lowest BCUT2D eigenvalue weighted by atomic mass is 9.90. The molecule has 0 radical (unpaired) electrons. The van der Waals surface area contributed by atoms with Crippen LogP contribution in [-0.4, -0.2) is 64.6 Å². The molecule has 10 heteroatoms. The van der Waals surface area contributed by atoms with Gasteiger partial charge in [-0.15, -0.1) is 5.10 Å². The molecule has 0 bridgehead atoms. The molecule has 6 rings (SSSR count). The van der Waals surface area contributed by atoms with Gasteiger partial charge in [0.15, 0.2) is 17.3 Å². The zero-order valence-corrected chi connectivity index (χ0v) is 20.6. The summed E-state index contributed by atoms with van der Waals surface area (Å²) in [7, 11) is 3.69. The molecule has 1 aromatic heterocycles. The van der Waals surface area contributed by atoms with Gasteiger partial charge in [-0.05, 0) is 66.6 Å². The number of ether oxygens (including phenoxy) is 3. The summed E-state index contributed by atoms with van der Waals surface area (Å²) in [6, 6.07) is 9.46. The van der Waals surface area contributed by atoms with Gasteiger partial charge in [-0.1, -0.05) is 25.3 Å². The Morgan fingerprint density at radius 1 is 1.17 bits per heavy atom. The van der Waals surface area contributed by atoms with Crippen LogP contribution in [0, 0.1) is 0 Å². The second-order valence-electron chi connectivity index (χ2n) is 9.66. The number of fused-ring (bicyclic) bond motifs is 2. The van der Waals surface area contributed by atoms with Crippen LogP contribution >= 0.6 is 0 Å². The van der Waals surface area contributed by atoms with Gasteiger partial charge in [-0.2, -0.15) is 4.68 Å². The number of aromatic nitrogens is 4. The fourth-order valence-electron chi connectivity index (χ4n) is 5.60. The Kier molecular flexibility index (Phi) is 5.96. The number of hydrogen-bond acceptors (Lipinski definition) is 8. The fourth-order valence-corrected chi connectivity index (χ4v) is 5.60. The maximum absolute atomic E-state index is 13.0. The molecule has 3 heterocycles. The van der Waals surface area contributed by atoms with Crippen LogP contribution in [0.4, 0.5) is 0 Å². The minimum atomic E-state index is -0.270. The zero-order chi connectivity index (χ0) is 24.6. The van der Waals surface area contributed by atoms with Crippen molar-refractivity contribution >= 4 is 5.91 Å². The molecule has 3 aliphatic rings. The Balaban J connectivity index is 1.37. The van der Waals surface area contributed by atoms with Gasteiger partial charge in [0.2, 0.25) is 12.5 Å². The summed E-state index contributed by atoms with van der Waals surface area (Å²) in [6.07, 6.45) is 6.49. The molecule has 2 aliphatic heterocycles. The van der Waals surface area contributed by atoms with Crippen molar-refractivity contribution < 1.29 is 19.0 Å². The van der Waals surface area contributed by atoms with Gasteiger partial charge >= 0.3 is 0 Å². The standard InChI is InChI=1S/C26H30N6O4/c1-31-12-11-16-14-20-23(36-15-35-20)24(34-2)21(16)22(31)25-28-29-30-32(25)19-10-6-7-17(13-19)26(33)27-18-8-4-3-5-9-18/h6-7,10,13-14,18,22H,3-5,8-9,11-12,15H2,1-2H3,(H,27,33). The van der Waals surface area contributed by atoms with E-state index in [-0.39, 0.29) is 24.8 Å². The summed E-state index contributed by atoms with van der Waals surface area (Å²) in [5.41, 5.74) is 3.41. The number of benzene rings is 2. The molecule has 10 nitrogen and oxygen atoms in total. The molecule has 1 amide bonds. The van der Waals surface area contributed by atoms with Crippen molar-refractivity contribution in [2.45, 2.75) is 50.6 Å². The van der Waals surface area contributed by atoms with Crippen LogP contribution in [0.2, 0.25) is 0 Å². The first-order valence-electron chi connectivity index (χ1n) is 12.5. The first kappa shape index (κ1) is 22.8. The normalized spacial score (nSPS) is 19.7. The van der Waals surface area contributed by atoms with Crippen molar-refractivity contribution in [3.05, 3.63) is 52.8 Å². The van der Waals surface area contributed by atoms with Crippen LogP contribution in [0.1, 0.15) is 65.5 Å². The van der Waals surface area contributed by atoms with Gasteiger partial charge in [-0.25, -0.2) is 0 Å². The molecule has 0 saturated heterocycles. The van der Waals surface area contributed by atoms with Crippen molar-refractivity contribution in [2.24, 2.45) is 0 Å². The van der Waals surface area contributed by atoms with Crippen molar-refractivity contribution in [1.29, 1.82) is 0 Å². The number of carbonyl (C=O) groups is 1. The summed E-state index contributed by atoms with van der Waals surface area (Å²) in [4.78, 5) is 15.2. The highest BCUT2D eigenvalue weighted by molar-refractivity contribution is 5.94. The molecule has 1 fully saturated rings. The van der Waals surface area contributed by atoms with Crippen LogP contribution < -0.4 is 19.5 Å². The second-order valence-corrected chi connectivity index (χ2v) is 9.66. The van der Waals surface area contributed by atoms with Gasteiger partial charge in [-0.3, -0.25) is 9.69 Å². The van der Waals surface area contributed by atoms with Gasteiger partial charge in [0, 0.05) is 23.7 Å². The third-order valence-electron chi connectivity index (χ3n) is 7.43. The molecule has 1 saturated carbocycles. The highest BCUT2D eigenvalue weighted by Gasteiger charge is 2.37. The number of nitrogens with zero attached hydrogens (tertiary/aromatic N) is 5. The molecule has 36 heavy (non-hydrogen) atoms. The largest absolute Gasteiger partial charge is 0.492 e. The number of nitrogens with one attached hydrogen (secondary N) is 1. The van der Waals surface area contributed by atoms with Crippen molar-refractivity contribution in [1.82, 2.24) is 30.4 Å². The molecule has 1 N–H and O–H groups in total. The van der Waals surface area contributed by atoms with Gasteiger partial charge in [0.25, 0.3) is 5.91 Å². The summed E-state index contributed by atoms with van der Waals surface area (Å²) in [5, 5.41) is 16.0. The maximum Gasteiger partial charge on any atom is 0.251 e. The van der Waals surface area contributed by atoms with E-state index in [1.807, 2.05) is 37.4 Å². The average Bonchev–Trinajstić information content (AvgIpc) is 3.58. The number of amides is 1. The van der Waals surface area contributed by atoms with E-state index in [0.29, 0.717) is 28.6 Å². The van der Waals surface area contributed by atoms with E-state index < -0.39 is 0 Å². The summed E-state index contributed by atoms with van der Waals surface area (Å²) < 4.78 is 18.9. The topological polar surface area (TPSA) is 104 Å². The molecule has 1 unspecified atom stereocenters. The van der Waals surface area contributed by atoms with Crippen LogP contribution in [0.15, 0.2) is 30.3 Å². The van der Waals surface area contributed by atoms with Crippen LogP contribution in [0.3, 0.4) is 0 Å². The van der Waals surface area contributed by atoms with Crippen LogP contribution in [0.25, 0.3) is 5.69 Å². The smallest absolute Gasteiger partial charge is 0.251 e. The highest BCUT2D eigenvalue weighted by atomic mass is 16.7. The number of tetrazole rings is 1. The average molecular weight is 491 g/mol. The van der Waals surface area contributed by atoms with E-state index in [0.717, 1.165) is 42.6 Å². The van der Waals surface area contributed by atoms with E-state index in [4.69, 9.17) is 14.2 Å². The predicted molar refractivity (Wildman–Crippen MR) is 131 cm³/mol. The van der Waals surface area contributed by atoms with Gasteiger partial charge in [0.05, 0.1) is 12.8 Å². The van der Waals surface area contributed by atoms with Gasteiger partial charge in [0.1, 0.15) is 6.04 Å². The van der Waals surface area contributed by atoms with Crippen molar-refractivity contribution in [3.8, 4) is 22.9 Å². The summed E-state index contributed by atoms with van der Waals surface area (Å²) in [5.74, 6) is 2.53. The first-order chi connectivity index (χ1) is 17.6. The number of methoxy groups -OCH3 is 1. The fraction of sp³-hybridized carbons (Fsp3) is 0.462. The minimum Gasteiger partial charge on any atom is -0.492 e. The molecular weight excluding hydrogens is 460 g/mol. The lowest BCUT2D eigenvalue weighted by Gasteiger charge is -2.34. The Bertz CT molecular complexity index is 1290. The van der Waals surface area contributed by atoms with E-state index in [2.05, 4.69) is 25.7 Å². The van der Waals surface area contributed by atoms with Crippen LogP contribution in [0.5, 0.6) is 17.2 Å². The minimum absolute atomic E-state index is 0.0621. The quantitative estimate of drug-likeness (QED) is 0.582. The first-order valence-corrected chi connectivity index (χ1v) is 12.5. The third kappa shape index (κ3) is 3.95. The number of hydrogen-bond donors (Lipinski definition) is 1. The summed E-state index contributed by atoms with van der Waals surface area (Å²) in [6.45, 7) is 0.986. The highest BCUT2D eigenvalue weighted by Crippen LogP contribution is 2.50. The van der Waals surface area contributed by atoms with Crippen LogP contribution in [-0.2, 0) is 6.42 Å². The molecule has 188 valence electrons. The lowest BCUT2D eigenvalue weighted by Crippen LogP contribution is -2.36. The Morgan fingerprint density at radius 2 is 2.03 bits per heavy atom. The lowest BCUT2D eigenvalue weighted by molar-refractivity contribution is 0.0927. The third-order valence-corrected chi connectivity index (χ3v) is 7.43. The Labute approximate surface area is 209 Å². The number of likely N-dealkylation sites (N-methyl/N-ethyl adjacent to an activating group) is 1. The Hall–Kier alpha value is -3.66. The predicted octanol–water partition coefficient (Wildman–Crippen LogP) is 3.04. The SMILES string of the molecule is COc1c2c(cc3c1C(c1nnnn1-c1cccc(C(=O)NC4CCCCC4)c1)N(C)CC3)OCO2. The van der Waals surface area contributed by atoms with E-state index in [1.54, 1.807) is 11.8 Å². The monoisotopic (exact) mass is 490 g/mol. The van der Waals surface area contributed by atoms with E-state index in [9.17, 15) is 4.79 Å². The van der Waals surface area contributed by atoms with E-state index >= 15 is 0 Å². The second kappa shape index (κ2) is 9.42. The van der Waals surface area contributed by atoms with Crippen molar-refractivity contribution in [3.63, 3.8) is 0 Å². The Morgan fingerprint density at radius 3 is 2.86 bits per heavy atom. The maximum atomic E-state index is 13.0. The van der Waals surface area contributed by atoms with Crippen molar-refractivity contribution in [2.75, 3.05) is 27.5 Å².